The van der Waals surface area contributed by atoms with Crippen LogP contribution in [0.25, 0.3) is 5.65 Å². The fraction of sp³-hybridized carbons (Fsp3) is 0.125. The van der Waals surface area contributed by atoms with E-state index in [0.29, 0.717) is 5.65 Å². The lowest BCUT2D eigenvalue weighted by Crippen LogP contribution is -2.19. The van der Waals surface area contributed by atoms with Gasteiger partial charge in [0.1, 0.15) is 11.5 Å². The zero-order valence-corrected chi connectivity index (χ0v) is 13.4. The van der Waals surface area contributed by atoms with Crippen LogP contribution < -0.4 is 5.56 Å². The minimum Gasteiger partial charge on any atom is -0.262 e. The molecule has 0 N–H and O–H groups in total. The average Bonchev–Trinajstić information content (AvgIpc) is 2.55. The number of benzene rings is 1. The van der Waals surface area contributed by atoms with Crippen molar-refractivity contribution in [2.75, 3.05) is 0 Å². The number of thioether (sulfide) groups is 1. The van der Waals surface area contributed by atoms with Gasteiger partial charge >= 0.3 is 11.2 Å². The molecule has 3 rings (SSSR count). The number of pyridine rings is 1. The van der Waals surface area contributed by atoms with E-state index >= 15 is 0 Å². The van der Waals surface area contributed by atoms with E-state index in [1.807, 2.05) is 6.92 Å². The van der Waals surface area contributed by atoms with Crippen LogP contribution in [-0.2, 0) is 0 Å². The summed E-state index contributed by atoms with van der Waals surface area (Å²) < 4.78 is 14.2. The maximum atomic E-state index is 13.0. The number of nitro groups is 1. The fourth-order valence-electron chi connectivity index (χ4n) is 2.27. The van der Waals surface area contributed by atoms with Gasteiger partial charge < -0.3 is 0 Å². The van der Waals surface area contributed by atoms with Crippen molar-refractivity contribution in [3.8, 4) is 0 Å². The Bertz CT molecular complexity index is 972. The summed E-state index contributed by atoms with van der Waals surface area (Å²) in [5, 5.41) is 11.2. The van der Waals surface area contributed by atoms with Crippen LogP contribution in [0.4, 0.5) is 10.1 Å². The Morgan fingerprint density at radius 3 is 2.62 bits per heavy atom. The summed E-state index contributed by atoms with van der Waals surface area (Å²) in [6.45, 7) is 1.82. The summed E-state index contributed by atoms with van der Waals surface area (Å²) >= 11 is 1.10. The Morgan fingerprint density at radius 1 is 1.25 bits per heavy atom. The van der Waals surface area contributed by atoms with Gasteiger partial charge in [-0.15, -0.1) is 0 Å². The zero-order chi connectivity index (χ0) is 17.3. The van der Waals surface area contributed by atoms with Crippen LogP contribution in [0.2, 0.25) is 0 Å². The van der Waals surface area contributed by atoms with Gasteiger partial charge in [-0.05, 0) is 36.8 Å². The van der Waals surface area contributed by atoms with Crippen LogP contribution >= 0.6 is 11.8 Å². The summed E-state index contributed by atoms with van der Waals surface area (Å²) in [7, 11) is 0. The Hall–Kier alpha value is -2.74. The predicted octanol–water partition coefficient (Wildman–Crippen LogP) is 3.60. The second-order valence-corrected chi connectivity index (χ2v) is 6.40. The molecule has 0 spiro atoms. The number of aromatic nitrogens is 2. The molecule has 122 valence electrons. The molecule has 8 heteroatoms. The maximum Gasteiger partial charge on any atom is 0.366 e. The quantitative estimate of drug-likeness (QED) is 0.312. The molecule has 1 atom stereocenters. The number of hydrogen-bond donors (Lipinski definition) is 0. The highest BCUT2D eigenvalue weighted by molar-refractivity contribution is 7.99. The molecule has 0 saturated carbocycles. The molecule has 2 aromatic heterocycles. The lowest BCUT2D eigenvalue weighted by Gasteiger charge is -2.11. The minimum absolute atomic E-state index is 0.0491. The largest absolute Gasteiger partial charge is 0.366 e. The van der Waals surface area contributed by atoms with Crippen molar-refractivity contribution in [1.82, 2.24) is 9.38 Å². The third kappa shape index (κ3) is 3.00. The molecule has 6 nitrogen and oxygen atoms in total. The van der Waals surface area contributed by atoms with Gasteiger partial charge in [0.25, 0.3) is 0 Å². The van der Waals surface area contributed by atoms with E-state index in [1.165, 1.54) is 18.3 Å². The Balaban J connectivity index is 2.08. The van der Waals surface area contributed by atoms with Crippen LogP contribution in [0.15, 0.2) is 58.5 Å². The summed E-state index contributed by atoms with van der Waals surface area (Å²) in [5.74, 6) is -0.357. The molecule has 0 aliphatic rings. The fourth-order valence-corrected chi connectivity index (χ4v) is 3.31. The Morgan fingerprint density at radius 2 is 1.96 bits per heavy atom. The SMILES string of the molecule is CC(Sc1nc2ccccn2c(=O)c1[N+](=O)[O-])c1ccc(F)cc1. The number of rotatable bonds is 4. The van der Waals surface area contributed by atoms with Crippen molar-refractivity contribution in [2.24, 2.45) is 0 Å². The smallest absolute Gasteiger partial charge is 0.262 e. The van der Waals surface area contributed by atoms with E-state index in [1.54, 1.807) is 30.3 Å². The highest BCUT2D eigenvalue weighted by Gasteiger charge is 2.25. The molecule has 3 aromatic rings. The van der Waals surface area contributed by atoms with Gasteiger partial charge in [0, 0.05) is 11.4 Å². The number of hydrogen-bond acceptors (Lipinski definition) is 5. The molecule has 0 saturated heterocycles. The molecule has 1 unspecified atom stereocenters. The maximum absolute atomic E-state index is 13.0. The van der Waals surface area contributed by atoms with Gasteiger partial charge in [-0.25, -0.2) is 9.37 Å². The molecule has 1 aromatic carbocycles. The van der Waals surface area contributed by atoms with Crippen molar-refractivity contribution in [1.29, 1.82) is 0 Å². The molecular weight excluding hydrogens is 333 g/mol. The first-order valence-electron chi connectivity index (χ1n) is 7.05. The third-order valence-electron chi connectivity index (χ3n) is 3.49. The van der Waals surface area contributed by atoms with Crippen LogP contribution in [-0.4, -0.2) is 14.3 Å². The lowest BCUT2D eigenvalue weighted by molar-refractivity contribution is -0.389. The van der Waals surface area contributed by atoms with E-state index in [4.69, 9.17) is 0 Å². The second-order valence-electron chi connectivity index (χ2n) is 5.07. The van der Waals surface area contributed by atoms with Gasteiger partial charge in [-0.1, -0.05) is 30.0 Å². The van der Waals surface area contributed by atoms with Crippen LogP contribution in [0.1, 0.15) is 17.7 Å². The number of halogens is 1. The van der Waals surface area contributed by atoms with Crippen LogP contribution in [0.5, 0.6) is 0 Å². The third-order valence-corrected chi connectivity index (χ3v) is 4.62. The summed E-state index contributed by atoms with van der Waals surface area (Å²) in [6.07, 6.45) is 1.44. The van der Waals surface area contributed by atoms with Crippen molar-refractivity contribution in [3.63, 3.8) is 0 Å². The van der Waals surface area contributed by atoms with Gasteiger partial charge in [-0.2, -0.15) is 0 Å². The molecule has 0 aliphatic carbocycles. The van der Waals surface area contributed by atoms with Crippen molar-refractivity contribution >= 4 is 23.1 Å². The van der Waals surface area contributed by atoms with Crippen molar-refractivity contribution in [3.05, 3.63) is 80.5 Å². The first-order valence-corrected chi connectivity index (χ1v) is 7.93. The van der Waals surface area contributed by atoms with Crippen LogP contribution in [0.3, 0.4) is 0 Å². The monoisotopic (exact) mass is 345 g/mol. The summed E-state index contributed by atoms with van der Waals surface area (Å²) in [5.41, 5.74) is -0.162. The minimum atomic E-state index is -0.723. The van der Waals surface area contributed by atoms with Gasteiger partial charge in [0.15, 0.2) is 5.03 Å². The van der Waals surface area contributed by atoms with E-state index < -0.39 is 16.2 Å². The molecular formula is C16H12FN3O3S. The summed E-state index contributed by atoms with van der Waals surface area (Å²) in [4.78, 5) is 27.2. The number of nitrogens with zero attached hydrogens (tertiary/aromatic N) is 3. The molecule has 2 heterocycles. The first kappa shape index (κ1) is 16.1. The van der Waals surface area contributed by atoms with Crippen molar-refractivity contribution in [2.45, 2.75) is 17.2 Å². The van der Waals surface area contributed by atoms with Gasteiger partial charge in [-0.3, -0.25) is 19.3 Å². The molecule has 0 aliphatic heterocycles. The van der Waals surface area contributed by atoms with E-state index in [2.05, 4.69) is 4.98 Å². The van der Waals surface area contributed by atoms with Crippen LogP contribution in [0, 0.1) is 15.9 Å². The highest BCUT2D eigenvalue weighted by Crippen LogP contribution is 2.37. The highest BCUT2D eigenvalue weighted by atomic mass is 32.2. The first-order chi connectivity index (χ1) is 11.5. The zero-order valence-electron chi connectivity index (χ0n) is 12.5. The standard InChI is InChI=1S/C16H12FN3O3S/c1-10(11-5-7-12(17)8-6-11)24-15-14(20(22)23)16(21)19-9-3-2-4-13(19)18-15/h2-10H,1H3. The van der Waals surface area contributed by atoms with Gasteiger partial charge in [0.2, 0.25) is 0 Å². The second kappa shape index (κ2) is 6.40. The lowest BCUT2D eigenvalue weighted by atomic mass is 10.2. The summed E-state index contributed by atoms with van der Waals surface area (Å²) in [6, 6.07) is 10.8. The Labute approximate surface area is 140 Å². The topological polar surface area (TPSA) is 77.5 Å². The van der Waals surface area contributed by atoms with E-state index in [9.17, 15) is 19.3 Å². The molecule has 0 radical (unpaired) electrons. The normalized spacial score (nSPS) is 12.2. The molecule has 0 bridgehead atoms. The van der Waals surface area contributed by atoms with E-state index in [-0.39, 0.29) is 16.1 Å². The predicted molar refractivity (Wildman–Crippen MR) is 88.8 cm³/mol. The van der Waals surface area contributed by atoms with Crippen molar-refractivity contribution < 1.29 is 9.31 Å². The Kier molecular flexibility index (Phi) is 4.30. The van der Waals surface area contributed by atoms with Gasteiger partial charge in [0.05, 0.1) is 4.92 Å². The van der Waals surface area contributed by atoms with E-state index in [0.717, 1.165) is 21.7 Å². The average molecular weight is 345 g/mol. The molecule has 24 heavy (non-hydrogen) atoms. The number of fused-ring (bicyclic) bond motifs is 1. The molecule has 0 fully saturated rings. The molecule has 0 amide bonds.